The lowest BCUT2D eigenvalue weighted by atomic mass is 10.2. The van der Waals surface area contributed by atoms with Gasteiger partial charge in [-0.15, -0.1) is 0 Å². The number of nitrogens with one attached hydrogen (secondary N) is 2. The Bertz CT molecular complexity index is 724. The molecule has 0 amide bonds. The molecule has 4 N–H and O–H groups in total. The maximum atomic E-state index is 11.8. The van der Waals surface area contributed by atoms with Gasteiger partial charge in [-0.05, 0) is 37.2 Å². The van der Waals surface area contributed by atoms with Crippen LogP contribution in [0.1, 0.15) is 5.56 Å². The molecule has 2 aromatic rings. The summed E-state index contributed by atoms with van der Waals surface area (Å²) in [5.41, 5.74) is 8.08. The number of nitrogens with zero attached hydrogens (tertiary/aromatic N) is 2. The molecule has 1 aromatic carbocycles. The summed E-state index contributed by atoms with van der Waals surface area (Å²) in [5.74, 6) is 0. The van der Waals surface area contributed by atoms with Crippen LogP contribution in [0.3, 0.4) is 0 Å². The largest absolute Gasteiger partial charge is 0.397 e. The third-order valence-electron chi connectivity index (χ3n) is 3.09. The zero-order valence-electron chi connectivity index (χ0n) is 12.0. The molecule has 21 heavy (non-hydrogen) atoms. The molecule has 1 aromatic heterocycles. The summed E-state index contributed by atoms with van der Waals surface area (Å²) in [7, 11) is -0.232. The molecule has 0 radical (unpaired) electrons. The van der Waals surface area contributed by atoms with Gasteiger partial charge < -0.3 is 11.1 Å². The third-order valence-corrected chi connectivity index (χ3v) is 4.50. The molecule has 0 bridgehead atoms. The van der Waals surface area contributed by atoms with E-state index in [2.05, 4.69) is 15.1 Å². The average Bonchev–Trinajstić information content (AvgIpc) is 2.86. The van der Waals surface area contributed by atoms with E-state index in [1.165, 1.54) is 19.2 Å². The Hall–Kier alpha value is -2.06. The predicted octanol–water partition coefficient (Wildman–Crippen LogP) is 0.565. The van der Waals surface area contributed by atoms with E-state index >= 15 is 0 Å². The topological polar surface area (TPSA) is 102 Å². The van der Waals surface area contributed by atoms with E-state index < -0.39 is 10.0 Å². The second-order valence-electron chi connectivity index (χ2n) is 4.66. The highest BCUT2D eigenvalue weighted by Crippen LogP contribution is 2.22. The van der Waals surface area contributed by atoms with Crippen molar-refractivity contribution in [1.29, 1.82) is 0 Å². The highest BCUT2D eigenvalue weighted by atomic mass is 32.2. The number of hydrogen-bond acceptors (Lipinski definition) is 5. The zero-order valence-corrected chi connectivity index (χ0v) is 12.8. The summed E-state index contributed by atoms with van der Waals surface area (Å²) < 4.78 is 27.6. The Morgan fingerprint density at radius 2 is 2.14 bits per heavy atom. The van der Waals surface area contributed by atoms with Gasteiger partial charge in [-0.2, -0.15) is 5.10 Å². The molecule has 0 unspecified atom stereocenters. The number of rotatable bonds is 6. The molecule has 0 spiro atoms. The van der Waals surface area contributed by atoms with Crippen LogP contribution in [0.5, 0.6) is 0 Å². The van der Waals surface area contributed by atoms with Gasteiger partial charge in [0.05, 0.1) is 22.5 Å². The maximum Gasteiger partial charge on any atom is 0.240 e. The fraction of sp³-hybridized carbons (Fsp3) is 0.308. The Balaban J connectivity index is 2.07. The van der Waals surface area contributed by atoms with Crippen molar-refractivity contribution in [2.24, 2.45) is 7.05 Å². The lowest BCUT2D eigenvalue weighted by Crippen LogP contribution is -2.19. The van der Waals surface area contributed by atoms with Crippen LogP contribution in [0.15, 0.2) is 35.5 Å². The van der Waals surface area contributed by atoms with Gasteiger partial charge in [-0.25, -0.2) is 13.1 Å². The second kappa shape index (κ2) is 6.15. The maximum absolute atomic E-state index is 11.8. The first-order chi connectivity index (χ1) is 9.92. The number of benzene rings is 1. The van der Waals surface area contributed by atoms with E-state index in [0.717, 1.165) is 12.0 Å². The van der Waals surface area contributed by atoms with Crippen molar-refractivity contribution in [3.63, 3.8) is 0 Å². The lowest BCUT2D eigenvalue weighted by molar-refractivity contribution is 0.588. The van der Waals surface area contributed by atoms with Crippen molar-refractivity contribution >= 4 is 21.4 Å². The van der Waals surface area contributed by atoms with Gasteiger partial charge in [-0.1, -0.05) is 0 Å². The number of hydrogen-bond donors (Lipinski definition) is 3. The smallest absolute Gasteiger partial charge is 0.240 e. The van der Waals surface area contributed by atoms with Gasteiger partial charge in [0.15, 0.2) is 0 Å². The lowest BCUT2D eigenvalue weighted by Gasteiger charge is -2.11. The summed E-state index contributed by atoms with van der Waals surface area (Å²) in [6.45, 7) is 0.638. The first-order valence-corrected chi connectivity index (χ1v) is 7.95. The van der Waals surface area contributed by atoms with E-state index in [4.69, 9.17) is 5.73 Å². The first-order valence-electron chi connectivity index (χ1n) is 6.47. The van der Waals surface area contributed by atoms with Crippen molar-refractivity contribution < 1.29 is 8.42 Å². The number of aromatic nitrogens is 2. The fourth-order valence-corrected chi connectivity index (χ4v) is 2.67. The van der Waals surface area contributed by atoms with E-state index in [1.54, 1.807) is 16.9 Å². The summed E-state index contributed by atoms with van der Waals surface area (Å²) in [6.07, 6.45) is 4.51. The third kappa shape index (κ3) is 3.73. The molecule has 0 saturated heterocycles. The van der Waals surface area contributed by atoms with Gasteiger partial charge in [-0.3, -0.25) is 4.68 Å². The Morgan fingerprint density at radius 1 is 1.38 bits per heavy atom. The van der Waals surface area contributed by atoms with E-state index in [0.29, 0.717) is 17.9 Å². The van der Waals surface area contributed by atoms with Crippen molar-refractivity contribution in [2.45, 2.75) is 11.3 Å². The summed E-state index contributed by atoms with van der Waals surface area (Å²) >= 11 is 0. The molecule has 0 aliphatic carbocycles. The molecule has 1 heterocycles. The molecule has 2 rings (SSSR count). The monoisotopic (exact) mass is 309 g/mol. The van der Waals surface area contributed by atoms with E-state index in [9.17, 15) is 8.42 Å². The van der Waals surface area contributed by atoms with Crippen LogP contribution in [0, 0.1) is 0 Å². The zero-order chi connectivity index (χ0) is 15.5. The van der Waals surface area contributed by atoms with Gasteiger partial charge in [0, 0.05) is 19.8 Å². The average molecular weight is 309 g/mol. The summed E-state index contributed by atoms with van der Waals surface area (Å²) in [6, 6.07) is 4.59. The first kappa shape index (κ1) is 15.3. The molecule has 0 atom stereocenters. The summed E-state index contributed by atoms with van der Waals surface area (Å²) in [4.78, 5) is 0.183. The van der Waals surface area contributed by atoms with Gasteiger partial charge in [0.25, 0.3) is 0 Å². The second-order valence-corrected chi connectivity index (χ2v) is 6.54. The van der Waals surface area contributed by atoms with Crippen LogP contribution in [0.25, 0.3) is 0 Å². The van der Waals surface area contributed by atoms with Crippen LogP contribution in [-0.2, 0) is 23.5 Å². The van der Waals surface area contributed by atoms with Gasteiger partial charge in [0.2, 0.25) is 10.0 Å². The minimum absolute atomic E-state index is 0.183. The normalized spacial score (nSPS) is 11.5. The molecule has 114 valence electrons. The van der Waals surface area contributed by atoms with E-state index in [-0.39, 0.29) is 4.90 Å². The number of anilines is 2. The highest BCUT2D eigenvalue weighted by Gasteiger charge is 2.13. The highest BCUT2D eigenvalue weighted by molar-refractivity contribution is 7.89. The molecule has 0 saturated carbocycles. The van der Waals surface area contributed by atoms with Crippen LogP contribution >= 0.6 is 0 Å². The molecule has 0 aliphatic rings. The van der Waals surface area contributed by atoms with Crippen molar-refractivity contribution in [3.8, 4) is 0 Å². The fourth-order valence-electron chi connectivity index (χ4n) is 1.92. The van der Waals surface area contributed by atoms with Gasteiger partial charge in [0.1, 0.15) is 0 Å². The Labute approximate surface area is 124 Å². The molecular formula is C13H19N5O2S. The Morgan fingerprint density at radius 3 is 2.76 bits per heavy atom. The van der Waals surface area contributed by atoms with Crippen molar-refractivity contribution in [2.75, 3.05) is 24.6 Å². The van der Waals surface area contributed by atoms with Gasteiger partial charge >= 0.3 is 0 Å². The number of aryl methyl sites for hydroxylation is 1. The number of sulfonamides is 1. The minimum atomic E-state index is -3.47. The SMILES string of the molecule is CNS(=O)(=O)c1ccc(N)c(NCCc2cnn(C)c2)c1. The molecular weight excluding hydrogens is 290 g/mol. The van der Waals surface area contributed by atoms with Crippen LogP contribution in [-0.4, -0.2) is 31.8 Å². The Kier molecular flexibility index (Phi) is 4.49. The van der Waals surface area contributed by atoms with Crippen molar-refractivity contribution in [3.05, 3.63) is 36.2 Å². The molecule has 0 fully saturated rings. The molecule has 0 aliphatic heterocycles. The van der Waals surface area contributed by atoms with Crippen LogP contribution < -0.4 is 15.8 Å². The predicted molar refractivity (Wildman–Crippen MR) is 82.5 cm³/mol. The van der Waals surface area contributed by atoms with Crippen molar-refractivity contribution in [1.82, 2.24) is 14.5 Å². The molecule has 7 nitrogen and oxygen atoms in total. The quantitative estimate of drug-likeness (QED) is 0.677. The van der Waals surface area contributed by atoms with Crippen LogP contribution in [0.4, 0.5) is 11.4 Å². The standard InChI is InChI=1S/C13H19N5O2S/c1-15-21(19,20)11-3-4-12(14)13(7-11)16-6-5-10-8-17-18(2)9-10/h3-4,7-9,15-16H,5-6,14H2,1-2H3. The minimum Gasteiger partial charge on any atom is -0.397 e. The number of nitrogen functional groups attached to an aromatic ring is 1. The number of nitrogens with two attached hydrogens (primary N) is 1. The summed E-state index contributed by atoms with van der Waals surface area (Å²) in [5, 5.41) is 7.25. The van der Waals surface area contributed by atoms with E-state index in [1.807, 2.05) is 13.2 Å². The molecule has 8 heteroatoms. The van der Waals surface area contributed by atoms with Crippen LogP contribution in [0.2, 0.25) is 0 Å².